The van der Waals surface area contributed by atoms with Gasteiger partial charge in [0, 0.05) is 35.7 Å². The lowest BCUT2D eigenvalue weighted by atomic mass is 9.97. The van der Waals surface area contributed by atoms with Gasteiger partial charge in [-0.3, -0.25) is 9.59 Å². The first-order chi connectivity index (χ1) is 15.7. The molecular formula is C23H27N3O5S2. The summed E-state index contributed by atoms with van der Waals surface area (Å²) in [6.07, 6.45) is 2.17. The number of piperidine rings is 1. The Hall–Kier alpha value is -2.56. The van der Waals surface area contributed by atoms with E-state index in [-0.39, 0.29) is 35.7 Å². The monoisotopic (exact) mass is 489 g/mol. The average molecular weight is 490 g/mol. The van der Waals surface area contributed by atoms with Crippen molar-refractivity contribution in [3.8, 4) is 5.75 Å². The van der Waals surface area contributed by atoms with Gasteiger partial charge in [0.05, 0.1) is 10.6 Å². The topological polar surface area (TPSA) is 105 Å². The number of benzene rings is 2. The number of fused-ring (bicyclic) bond motifs is 1. The molecule has 0 spiro atoms. The first-order valence-corrected chi connectivity index (χ1v) is 13.4. The molecule has 1 fully saturated rings. The Kier molecular flexibility index (Phi) is 6.69. The number of anilines is 2. The number of aryl methyl sites for hydroxylation is 1. The van der Waals surface area contributed by atoms with Crippen LogP contribution in [0.5, 0.6) is 5.75 Å². The standard InChI is InChI=1S/C23H27N3O5S2/c1-14-11-19-20(31-15(2)22(27)25-19)13-21(14)33(29,30)26-9-7-16(8-10-26)23(28)24-17-5-4-6-18(12-17)32-3/h4-6,11-13,15-16H,7-10H2,1-3H3,(H,24,28)(H,25,27). The van der Waals surface area contributed by atoms with Crippen LogP contribution in [0.3, 0.4) is 0 Å². The fourth-order valence-electron chi connectivity index (χ4n) is 4.06. The minimum absolute atomic E-state index is 0.0895. The largest absolute Gasteiger partial charge is 0.479 e. The molecule has 33 heavy (non-hydrogen) atoms. The smallest absolute Gasteiger partial charge is 0.265 e. The van der Waals surface area contributed by atoms with Crippen molar-refractivity contribution in [2.45, 2.75) is 42.6 Å². The van der Waals surface area contributed by atoms with Gasteiger partial charge < -0.3 is 15.4 Å². The van der Waals surface area contributed by atoms with E-state index >= 15 is 0 Å². The van der Waals surface area contributed by atoms with Gasteiger partial charge in [0.25, 0.3) is 5.91 Å². The Morgan fingerprint density at radius 2 is 1.94 bits per heavy atom. The zero-order chi connectivity index (χ0) is 23.8. The Balaban J connectivity index is 1.44. The van der Waals surface area contributed by atoms with E-state index < -0.39 is 16.1 Å². The molecule has 2 amide bonds. The number of carbonyl (C=O) groups excluding carboxylic acids is 2. The van der Waals surface area contributed by atoms with Crippen molar-refractivity contribution in [3.05, 3.63) is 42.0 Å². The lowest BCUT2D eigenvalue weighted by Crippen LogP contribution is -2.41. The SMILES string of the molecule is CSc1cccc(NC(=O)C2CCN(S(=O)(=O)c3cc4c(cc3C)NC(=O)C(C)O4)CC2)c1. The highest BCUT2D eigenvalue weighted by Gasteiger charge is 2.34. The molecule has 0 radical (unpaired) electrons. The zero-order valence-corrected chi connectivity index (χ0v) is 20.4. The van der Waals surface area contributed by atoms with Crippen molar-refractivity contribution < 1.29 is 22.7 Å². The Morgan fingerprint density at radius 3 is 2.64 bits per heavy atom. The third-order valence-electron chi connectivity index (χ3n) is 5.99. The summed E-state index contributed by atoms with van der Waals surface area (Å²) in [6, 6.07) is 10.7. The molecule has 1 atom stereocenters. The minimum Gasteiger partial charge on any atom is -0.479 e. The number of nitrogens with one attached hydrogen (secondary N) is 2. The van der Waals surface area contributed by atoms with Crippen LogP contribution in [0, 0.1) is 12.8 Å². The average Bonchev–Trinajstić information content (AvgIpc) is 2.80. The first-order valence-electron chi connectivity index (χ1n) is 10.8. The van der Waals surface area contributed by atoms with Gasteiger partial charge in [0.15, 0.2) is 6.10 Å². The summed E-state index contributed by atoms with van der Waals surface area (Å²) >= 11 is 1.60. The molecule has 4 rings (SSSR count). The summed E-state index contributed by atoms with van der Waals surface area (Å²) in [7, 11) is -3.77. The number of thioether (sulfide) groups is 1. The number of amides is 2. The van der Waals surface area contributed by atoms with E-state index in [2.05, 4.69) is 10.6 Å². The maximum absolute atomic E-state index is 13.4. The van der Waals surface area contributed by atoms with Crippen molar-refractivity contribution in [1.82, 2.24) is 4.31 Å². The Labute approximate surface area is 198 Å². The summed E-state index contributed by atoms with van der Waals surface area (Å²) in [5.74, 6) is -0.266. The minimum atomic E-state index is -3.77. The second-order valence-electron chi connectivity index (χ2n) is 8.26. The summed E-state index contributed by atoms with van der Waals surface area (Å²) in [6.45, 7) is 3.82. The van der Waals surface area contributed by atoms with Crippen LogP contribution >= 0.6 is 11.8 Å². The van der Waals surface area contributed by atoms with Crippen LogP contribution in [0.2, 0.25) is 0 Å². The lowest BCUT2D eigenvalue weighted by Gasteiger charge is -2.31. The second-order valence-corrected chi connectivity index (χ2v) is 11.0. The molecule has 1 unspecified atom stereocenters. The summed E-state index contributed by atoms with van der Waals surface area (Å²) < 4.78 is 33.7. The predicted molar refractivity (Wildman–Crippen MR) is 128 cm³/mol. The van der Waals surface area contributed by atoms with Crippen LogP contribution < -0.4 is 15.4 Å². The van der Waals surface area contributed by atoms with E-state index in [9.17, 15) is 18.0 Å². The van der Waals surface area contributed by atoms with Crippen LogP contribution in [0.4, 0.5) is 11.4 Å². The van der Waals surface area contributed by atoms with E-state index in [1.54, 1.807) is 31.7 Å². The number of hydrogen-bond acceptors (Lipinski definition) is 6. The summed E-state index contributed by atoms with van der Waals surface area (Å²) in [5.41, 5.74) is 1.74. The molecule has 2 aromatic rings. The third kappa shape index (κ3) is 4.87. The van der Waals surface area contributed by atoms with E-state index in [0.717, 1.165) is 10.6 Å². The highest BCUT2D eigenvalue weighted by atomic mass is 32.2. The summed E-state index contributed by atoms with van der Waals surface area (Å²) in [4.78, 5) is 25.8. The normalized spacial score (nSPS) is 19.4. The number of hydrogen-bond donors (Lipinski definition) is 2. The van der Waals surface area contributed by atoms with Crippen LogP contribution in [0.15, 0.2) is 46.2 Å². The molecule has 0 aromatic heterocycles. The van der Waals surface area contributed by atoms with Gasteiger partial charge in [-0.2, -0.15) is 4.31 Å². The van der Waals surface area contributed by atoms with Gasteiger partial charge in [-0.15, -0.1) is 11.8 Å². The maximum Gasteiger partial charge on any atom is 0.265 e. The lowest BCUT2D eigenvalue weighted by molar-refractivity contribution is -0.123. The summed E-state index contributed by atoms with van der Waals surface area (Å²) in [5, 5.41) is 5.69. The van der Waals surface area contributed by atoms with Gasteiger partial charge in [-0.05, 0) is 62.8 Å². The Bertz CT molecular complexity index is 1190. The molecule has 1 saturated heterocycles. The number of ether oxygens (including phenoxy) is 1. The number of rotatable bonds is 5. The molecule has 0 aliphatic carbocycles. The highest BCUT2D eigenvalue weighted by Crippen LogP contribution is 2.36. The molecule has 2 heterocycles. The zero-order valence-electron chi connectivity index (χ0n) is 18.8. The van der Waals surface area contributed by atoms with E-state index in [1.807, 2.05) is 30.5 Å². The first kappa shape index (κ1) is 23.6. The molecule has 10 heteroatoms. The Morgan fingerprint density at radius 1 is 1.21 bits per heavy atom. The van der Waals surface area contributed by atoms with E-state index in [4.69, 9.17) is 4.74 Å². The molecule has 0 bridgehead atoms. The van der Waals surface area contributed by atoms with Crippen LogP contribution in [-0.4, -0.2) is 50.0 Å². The van der Waals surface area contributed by atoms with Crippen molar-refractivity contribution in [3.63, 3.8) is 0 Å². The van der Waals surface area contributed by atoms with Crippen molar-refractivity contribution in [2.24, 2.45) is 5.92 Å². The molecule has 2 aliphatic heterocycles. The highest BCUT2D eigenvalue weighted by molar-refractivity contribution is 7.98. The number of sulfonamides is 1. The molecule has 0 saturated carbocycles. The maximum atomic E-state index is 13.4. The molecule has 2 aliphatic rings. The molecular weight excluding hydrogens is 462 g/mol. The van der Waals surface area contributed by atoms with E-state index in [0.29, 0.717) is 29.8 Å². The molecule has 8 nitrogen and oxygen atoms in total. The number of carbonyl (C=O) groups is 2. The van der Waals surface area contributed by atoms with Crippen LogP contribution in [0.1, 0.15) is 25.3 Å². The van der Waals surface area contributed by atoms with Crippen LogP contribution in [-0.2, 0) is 19.6 Å². The van der Waals surface area contributed by atoms with Gasteiger partial charge >= 0.3 is 0 Å². The second kappa shape index (κ2) is 9.36. The fraction of sp³-hybridized carbons (Fsp3) is 0.391. The van der Waals surface area contributed by atoms with Crippen molar-refractivity contribution in [1.29, 1.82) is 0 Å². The third-order valence-corrected chi connectivity index (χ3v) is 8.75. The van der Waals surface area contributed by atoms with Gasteiger partial charge in [-0.25, -0.2) is 8.42 Å². The molecule has 2 N–H and O–H groups in total. The molecule has 2 aromatic carbocycles. The fourth-order valence-corrected chi connectivity index (χ4v) is 6.21. The van der Waals surface area contributed by atoms with Gasteiger partial charge in [-0.1, -0.05) is 6.07 Å². The van der Waals surface area contributed by atoms with Crippen LogP contribution in [0.25, 0.3) is 0 Å². The molecule has 176 valence electrons. The number of nitrogens with zero attached hydrogens (tertiary/aromatic N) is 1. The van der Waals surface area contributed by atoms with Crippen molar-refractivity contribution in [2.75, 3.05) is 30.0 Å². The van der Waals surface area contributed by atoms with Gasteiger partial charge in [0.1, 0.15) is 5.75 Å². The van der Waals surface area contributed by atoms with Gasteiger partial charge in [0.2, 0.25) is 15.9 Å². The quantitative estimate of drug-likeness (QED) is 0.623. The predicted octanol–water partition coefficient (Wildman–Crippen LogP) is 3.48. The van der Waals surface area contributed by atoms with E-state index in [1.165, 1.54) is 10.4 Å². The van der Waals surface area contributed by atoms with Crippen molar-refractivity contribution >= 4 is 45.0 Å².